The van der Waals surface area contributed by atoms with E-state index in [0.717, 1.165) is 0 Å². The molecule has 24 heavy (non-hydrogen) atoms. The number of rotatable bonds is 3. The molecule has 2 aliphatic carbocycles. The van der Waals surface area contributed by atoms with E-state index in [-0.39, 0.29) is 28.8 Å². The van der Waals surface area contributed by atoms with Crippen LogP contribution in [-0.4, -0.2) is 27.9 Å². The van der Waals surface area contributed by atoms with E-state index in [4.69, 9.17) is 5.73 Å². The van der Waals surface area contributed by atoms with Crippen LogP contribution in [0.4, 0.5) is 0 Å². The van der Waals surface area contributed by atoms with Gasteiger partial charge in [-0.05, 0) is 37.0 Å². The van der Waals surface area contributed by atoms with E-state index in [1.54, 1.807) is 32.9 Å². The molecule has 0 aliphatic heterocycles. The quantitative estimate of drug-likeness (QED) is 0.545. The van der Waals surface area contributed by atoms with E-state index in [1.807, 2.05) is 0 Å². The zero-order chi connectivity index (χ0) is 18.2. The second kappa shape index (κ2) is 6.77. The molecular formula is C19H25NO4. The molecule has 0 amide bonds. The van der Waals surface area contributed by atoms with Crippen molar-refractivity contribution in [2.75, 3.05) is 0 Å². The molecule has 0 heterocycles. The van der Waals surface area contributed by atoms with E-state index in [9.17, 15) is 19.8 Å². The molecule has 2 aliphatic rings. The molecule has 5 heteroatoms. The molecule has 130 valence electrons. The molecule has 2 rings (SSSR count). The zero-order valence-corrected chi connectivity index (χ0v) is 14.6. The van der Waals surface area contributed by atoms with Gasteiger partial charge in [-0.2, -0.15) is 0 Å². The topological polar surface area (TPSA) is 101 Å². The van der Waals surface area contributed by atoms with Gasteiger partial charge < -0.3 is 15.9 Å². The Balaban J connectivity index is 2.57. The third kappa shape index (κ3) is 3.22. The number of ketones is 2. The maximum Gasteiger partial charge on any atom is 0.172 e. The Hall–Kier alpha value is -2.14. The van der Waals surface area contributed by atoms with Crippen molar-refractivity contribution in [1.29, 1.82) is 0 Å². The molecule has 5 nitrogen and oxygen atoms in total. The van der Waals surface area contributed by atoms with Crippen molar-refractivity contribution in [3.8, 4) is 0 Å². The molecule has 0 radical (unpaired) electrons. The predicted octanol–water partition coefficient (Wildman–Crippen LogP) is 2.48. The van der Waals surface area contributed by atoms with Crippen LogP contribution in [0.15, 0.2) is 45.9 Å². The Morgan fingerprint density at radius 3 is 2.62 bits per heavy atom. The van der Waals surface area contributed by atoms with Crippen LogP contribution in [0.5, 0.6) is 0 Å². The average molecular weight is 331 g/mol. The fourth-order valence-electron chi connectivity index (χ4n) is 3.16. The molecule has 0 spiro atoms. The first-order valence-corrected chi connectivity index (χ1v) is 8.16. The third-order valence-electron chi connectivity index (χ3n) is 4.89. The lowest BCUT2D eigenvalue weighted by atomic mass is 9.73. The second-order valence-corrected chi connectivity index (χ2v) is 6.73. The molecule has 0 saturated carbocycles. The summed E-state index contributed by atoms with van der Waals surface area (Å²) in [4.78, 5) is 24.1. The summed E-state index contributed by atoms with van der Waals surface area (Å²) in [6.45, 7) is 6.56. The van der Waals surface area contributed by atoms with Crippen LogP contribution in [0.25, 0.3) is 0 Å². The molecule has 0 aromatic heterocycles. The van der Waals surface area contributed by atoms with E-state index in [2.05, 4.69) is 0 Å². The Kier molecular flexibility index (Phi) is 5.13. The number of hydrogen-bond donors (Lipinski definition) is 3. The summed E-state index contributed by atoms with van der Waals surface area (Å²) in [5, 5.41) is 21.1. The van der Waals surface area contributed by atoms with Crippen molar-refractivity contribution in [1.82, 2.24) is 0 Å². The molecule has 0 fully saturated rings. The van der Waals surface area contributed by atoms with Gasteiger partial charge in [0.25, 0.3) is 0 Å². The van der Waals surface area contributed by atoms with Crippen molar-refractivity contribution >= 4 is 11.6 Å². The van der Waals surface area contributed by atoms with Gasteiger partial charge in [0.2, 0.25) is 0 Å². The molecule has 0 saturated heterocycles. The standard InChI is InChI=1S/C19H25NO4/c1-9(12(4)21)7-10(2)17(22)16-14-6-5-13(20)8-15(14)18(23)11(3)19(16)24/h5,7,9,11,18,22-23H,6,8,20H2,1-4H3. The Morgan fingerprint density at radius 1 is 1.42 bits per heavy atom. The lowest BCUT2D eigenvalue weighted by Gasteiger charge is -2.33. The lowest BCUT2D eigenvalue weighted by molar-refractivity contribution is -0.122. The van der Waals surface area contributed by atoms with E-state index >= 15 is 0 Å². The summed E-state index contributed by atoms with van der Waals surface area (Å²) in [5.41, 5.74) is 8.62. The maximum absolute atomic E-state index is 12.7. The van der Waals surface area contributed by atoms with Gasteiger partial charge in [0.1, 0.15) is 11.5 Å². The summed E-state index contributed by atoms with van der Waals surface area (Å²) in [6.07, 6.45) is 3.39. The number of nitrogens with two attached hydrogens (primary N) is 1. The number of carbonyl (C=O) groups is 2. The number of Topliss-reactive ketones (excluding diaryl/α,β-unsaturated/α-hetero) is 2. The van der Waals surface area contributed by atoms with Gasteiger partial charge >= 0.3 is 0 Å². The van der Waals surface area contributed by atoms with Crippen LogP contribution >= 0.6 is 0 Å². The lowest BCUT2D eigenvalue weighted by Crippen LogP contribution is -2.37. The minimum atomic E-state index is -0.878. The first kappa shape index (κ1) is 18.2. The smallest absolute Gasteiger partial charge is 0.172 e. The third-order valence-corrected chi connectivity index (χ3v) is 4.89. The van der Waals surface area contributed by atoms with Crippen LogP contribution in [0, 0.1) is 11.8 Å². The molecule has 3 unspecified atom stereocenters. The fraction of sp³-hybridized carbons (Fsp3) is 0.474. The van der Waals surface area contributed by atoms with Crippen molar-refractivity contribution in [3.63, 3.8) is 0 Å². The van der Waals surface area contributed by atoms with E-state index < -0.39 is 12.0 Å². The van der Waals surface area contributed by atoms with Gasteiger partial charge in [0.15, 0.2) is 5.78 Å². The van der Waals surface area contributed by atoms with Crippen LogP contribution < -0.4 is 5.73 Å². The Morgan fingerprint density at radius 2 is 2.04 bits per heavy atom. The monoisotopic (exact) mass is 331 g/mol. The number of allylic oxidation sites excluding steroid dienone is 6. The molecule has 0 bridgehead atoms. The largest absolute Gasteiger partial charge is 0.507 e. The van der Waals surface area contributed by atoms with Crippen LogP contribution in [0.2, 0.25) is 0 Å². The molecule has 4 N–H and O–H groups in total. The molecule has 3 atom stereocenters. The summed E-state index contributed by atoms with van der Waals surface area (Å²) < 4.78 is 0. The maximum atomic E-state index is 12.7. The highest BCUT2D eigenvalue weighted by molar-refractivity contribution is 6.04. The highest BCUT2D eigenvalue weighted by Gasteiger charge is 2.39. The summed E-state index contributed by atoms with van der Waals surface area (Å²) in [7, 11) is 0. The van der Waals surface area contributed by atoms with Crippen molar-refractivity contribution in [2.45, 2.75) is 46.6 Å². The molecular weight excluding hydrogens is 306 g/mol. The summed E-state index contributed by atoms with van der Waals surface area (Å²) in [5.74, 6) is -1.39. The summed E-state index contributed by atoms with van der Waals surface area (Å²) >= 11 is 0. The predicted molar refractivity (Wildman–Crippen MR) is 92.0 cm³/mol. The fourth-order valence-corrected chi connectivity index (χ4v) is 3.16. The normalized spacial score (nSPS) is 28.3. The Labute approximate surface area is 142 Å². The molecule has 0 aromatic rings. The number of aliphatic hydroxyl groups excluding tert-OH is 2. The van der Waals surface area contributed by atoms with Crippen LogP contribution in [0.3, 0.4) is 0 Å². The van der Waals surface area contributed by atoms with E-state index in [1.165, 1.54) is 6.92 Å². The first-order chi connectivity index (χ1) is 11.1. The van der Waals surface area contributed by atoms with Gasteiger partial charge in [0.05, 0.1) is 11.7 Å². The number of hydrogen-bond acceptors (Lipinski definition) is 5. The van der Waals surface area contributed by atoms with Crippen LogP contribution in [0.1, 0.15) is 40.5 Å². The minimum absolute atomic E-state index is 0.0146. The van der Waals surface area contributed by atoms with Crippen LogP contribution in [-0.2, 0) is 9.59 Å². The van der Waals surface area contributed by atoms with Gasteiger partial charge in [0, 0.05) is 24.0 Å². The highest BCUT2D eigenvalue weighted by Crippen LogP contribution is 2.40. The Bertz CT molecular complexity index is 709. The highest BCUT2D eigenvalue weighted by atomic mass is 16.3. The van der Waals surface area contributed by atoms with Crippen molar-refractivity contribution in [2.24, 2.45) is 17.6 Å². The van der Waals surface area contributed by atoms with Gasteiger partial charge in [-0.25, -0.2) is 0 Å². The number of aliphatic hydroxyl groups is 2. The number of carbonyl (C=O) groups excluding carboxylic acids is 2. The van der Waals surface area contributed by atoms with Crippen molar-refractivity contribution < 1.29 is 19.8 Å². The zero-order valence-electron chi connectivity index (χ0n) is 14.6. The minimum Gasteiger partial charge on any atom is -0.507 e. The van der Waals surface area contributed by atoms with Crippen molar-refractivity contribution in [3.05, 3.63) is 45.9 Å². The molecule has 0 aromatic carbocycles. The van der Waals surface area contributed by atoms with Gasteiger partial charge in [-0.3, -0.25) is 9.59 Å². The van der Waals surface area contributed by atoms with E-state index in [0.29, 0.717) is 35.3 Å². The SMILES string of the molecule is CC(=O)C(C)C=C(C)C(O)=C1C(=O)C(C)C(O)C2=C1CC=C(N)C2. The first-order valence-electron chi connectivity index (χ1n) is 8.16. The summed E-state index contributed by atoms with van der Waals surface area (Å²) in [6, 6.07) is 0. The average Bonchev–Trinajstić information content (AvgIpc) is 2.53. The second-order valence-electron chi connectivity index (χ2n) is 6.73. The van der Waals surface area contributed by atoms with Gasteiger partial charge in [-0.15, -0.1) is 0 Å². The van der Waals surface area contributed by atoms with Gasteiger partial charge in [-0.1, -0.05) is 26.0 Å².